The van der Waals surface area contributed by atoms with Gasteiger partial charge in [-0.15, -0.1) is 0 Å². The summed E-state index contributed by atoms with van der Waals surface area (Å²) in [6.07, 6.45) is 1.71. The van der Waals surface area contributed by atoms with E-state index < -0.39 is 6.10 Å². The molecule has 1 unspecified atom stereocenters. The number of aliphatic hydroxyl groups excluding tert-OH is 3. The van der Waals surface area contributed by atoms with Gasteiger partial charge < -0.3 is 34.3 Å². The fraction of sp³-hybridized carbons (Fsp3) is 1.00. The molecule has 0 bridgehead atoms. The molecule has 3 N–H and O–H groups in total. The Labute approximate surface area is 134 Å². The van der Waals surface area contributed by atoms with Crippen molar-refractivity contribution in [3.63, 3.8) is 0 Å². The van der Waals surface area contributed by atoms with Gasteiger partial charge >= 0.3 is 0 Å². The lowest BCUT2D eigenvalue weighted by molar-refractivity contribution is -0.00568. The second kappa shape index (κ2) is 23.0. The molecule has 0 heterocycles. The van der Waals surface area contributed by atoms with Crippen LogP contribution in [0.2, 0.25) is 0 Å². The quantitative estimate of drug-likeness (QED) is 0.370. The molecule has 22 heavy (non-hydrogen) atoms. The van der Waals surface area contributed by atoms with Gasteiger partial charge in [-0.1, -0.05) is 13.3 Å². The molecule has 7 heteroatoms. The van der Waals surface area contributed by atoms with Gasteiger partial charge in [0.1, 0.15) is 0 Å². The molecule has 0 aromatic rings. The minimum Gasteiger partial charge on any atom is -0.394 e. The van der Waals surface area contributed by atoms with Crippen LogP contribution in [0, 0.1) is 0 Å². The largest absolute Gasteiger partial charge is 0.394 e. The molecule has 0 rings (SSSR count). The summed E-state index contributed by atoms with van der Waals surface area (Å²) in [7, 11) is 0. The number of ether oxygens (including phenoxy) is 4. The molecule has 0 spiro atoms. The molecular formula is C15H34O7. The Bertz CT molecular complexity index is 165. The number of unbranched alkanes of at least 4 members (excludes halogenated alkanes) is 1. The third-order valence-electron chi connectivity index (χ3n) is 2.26. The highest BCUT2D eigenvalue weighted by molar-refractivity contribution is 4.36. The van der Waals surface area contributed by atoms with E-state index in [0.29, 0.717) is 46.2 Å². The molecule has 1 atom stereocenters. The standard InChI is InChI=1S/C12H26O5.C3H8O2/c1-2-3-5-14-7-9-16-11-12-17-10-8-15-6-4-13;1-3(5)2-4/h13H,2-12H2,1H3;3-5H,2H2,1H3. The predicted octanol–water partition coefficient (Wildman–Crippen LogP) is 0.205. The minimum absolute atomic E-state index is 0.0567. The molecule has 136 valence electrons. The smallest absolute Gasteiger partial charge is 0.0742 e. The second-order valence-corrected chi connectivity index (χ2v) is 4.56. The van der Waals surface area contributed by atoms with Crippen LogP contribution in [0.15, 0.2) is 0 Å². The van der Waals surface area contributed by atoms with Crippen LogP contribution in [0.3, 0.4) is 0 Å². The highest BCUT2D eigenvalue weighted by Crippen LogP contribution is 1.88. The average molecular weight is 326 g/mol. The summed E-state index contributed by atoms with van der Waals surface area (Å²) in [5, 5.41) is 24.5. The van der Waals surface area contributed by atoms with Crippen LogP contribution in [-0.4, -0.2) is 87.5 Å². The number of hydrogen-bond donors (Lipinski definition) is 3. The van der Waals surface area contributed by atoms with Crippen LogP contribution in [0.5, 0.6) is 0 Å². The first-order valence-electron chi connectivity index (χ1n) is 7.89. The van der Waals surface area contributed by atoms with Gasteiger partial charge in [0.2, 0.25) is 0 Å². The fourth-order valence-electron chi connectivity index (χ4n) is 1.07. The van der Waals surface area contributed by atoms with Crippen molar-refractivity contribution in [2.24, 2.45) is 0 Å². The highest BCUT2D eigenvalue weighted by atomic mass is 16.6. The third-order valence-corrected chi connectivity index (χ3v) is 2.26. The van der Waals surface area contributed by atoms with E-state index in [0.717, 1.165) is 19.4 Å². The van der Waals surface area contributed by atoms with E-state index in [4.69, 9.17) is 34.3 Å². The molecule has 0 aliphatic heterocycles. The Morgan fingerprint density at radius 2 is 1.09 bits per heavy atom. The Morgan fingerprint density at radius 1 is 0.727 bits per heavy atom. The molecule has 0 aliphatic carbocycles. The SMILES string of the molecule is CC(O)CO.CCCCOCCOCCOCCOCCO. The van der Waals surface area contributed by atoms with E-state index >= 15 is 0 Å². The topological polar surface area (TPSA) is 97.6 Å². The molecule has 0 aromatic carbocycles. The molecule has 0 aromatic heterocycles. The average Bonchev–Trinajstić information content (AvgIpc) is 2.52. The van der Waals surface area contributed by atoms with Gasteiger partial charge in [0.15, 0.2) is 0 Å². The van der Waals surface area contributed by atoms with Crippen molar-refractivity contribution in [1.82, 2.24) is 0 Å². The van der Waals surface area contributed by atoms with E-state index in [1.54, 1.807) is 0 Å². The van der Waals surface area contributed by atoms with Crippen molar-refractivity contribution in [3.8, 4) is 0 Å². The lowest BCUT2D eigenvalue weighted by atomic mass is 10.4. The van der Waals surface area contributed by atoms with E-state index in [2.05, 4.69) is 6.92 Å². The number of rotatable bonds is 15. The molecule has 7 nitrogen and oxygen atoms in total. The van der Waals surface area contributed by atoms with Crippen molar-refractivity contribution in [1.29, 1.82) is 0 Å². The molecule has 0 radical (unpaired) electrons. The normalized spacial score (nSPS) is 11.9. The van der Waals surface area contributed by atoms with Gasteiger partial charge in [-0.25, -0.2) is 0 Å². The molecule has 0 fully saturated rings. The van der Waals surface area contributed by atoms with Crippen LogP contribution in [-0.2, 0) is 18.9 Å². The molecule has 0 aliphatic rings. The Morgan fingerprint density at radius 3 is 1.41 bits per heavy atom. The van der Waals surface area contributed by atoms with E-state index in [-0.39, 0.29) is 13.2 Å². The van der Waals surface area contributed by atoms with Crippen LogP contribution in [0.25, 0.3) is 0 Å². The summed E-state index contributed by atoms with van der Waals surface area (Å²) in [6, 6.07) is 0. The van der Waals surface area contributed by atoms with E-state index in [1.165, 1.54) is 6.92 Å². The first-order chi connectivity index (χ1) is 10.7. The maximum Gasteiger partial charge on any atom is 0.0742 e. The summed E-state index contributed by atoms with van der Waals surface area (Å²) in [4.78, 5) is 0. The highest BCUT2D eigenvalue weighted by Gasteiger charge is 1.92. The van der Waals surface area contributed by atoms with Crippen LogP contribution in [0.1, 0.15) is 26.7 Å². The zero-order valence-electron chi connectivity index (χ0n) is 14.0. The van der Waals surface area contributed by atoms with E-state index in [1.807, 2.05) is 0 Å². The zero-order valence-corrected chi connectivity index (χ0v) is 14.0. The summed E-state index contributed by atoms with van der Waals surface area (Å²) in [5.74, 6) is 0. The Hall–Kier alpha value is -0.280. The minimum atomic E-state index is -0.560. The van der Waals surface area contributed by atoms with Gasteiger partial charge in [-0.2, -0.15) is 0 Å². The van der Waals surface area contributed by atoms with E-state index in [9.17, 15) is 0 Å². The molecular weight excluding hydrogens is 292 g/mol. The molecule has 0 amide bonds. The van der Waals surface area contributed by atoms with Crippen LogP contribution in [0.4, 0.5) is 0 Å². The Balaban J connectivity index is 0. The maximum absolute atomic E-state index is 8.45. The summed E-state index contributed by atoms with van der Waals surface area (Å²) >= 11 is 0. The summed E-state index contributed by atoms with van der Waals surface area (Å²) in [6.45, 7) is 8.25. The Kier molecular flexibility index (Phi) is 25.1. The van der Waals surface area contributed by atoms with Crippen molar-refractivity contribution in [3.05, 3.63) is 0 Å². The van der Waals surface area contributed by atoms with Crippen molar-refractivity contribution in [2.75, 3.05) is 66.1 Å². The van der Waals surface area contributed by atoms with Crippen LogP contribution >= 0.6 is 0 Å². The lowest BCUT2D eigenvalue weighted by Crippen LogP contribution is -2.12. The zero-order chi connectivity index (χ0) is 16.9. The van der Waals surface area contributed by atoms with Crippen molar-refractivity contribution in [2.45, 2.75) is 32.8 Å². The van der Waals surface area contributed by atoms with Gasteiger partial charge in [-0.05, 0) is 13.3 Å². The first-order valence-corrected chi connectivity index (χ1v) is 7.89. The first kappa shape index (κ1) is 24.0. The van der Waals surface area contributed by atoms with Gasteiger partial charge in [0.05, 0.1) is 65.6 Å². The fourth-order valence-corrected chi connectivity index (χ4v) is 1.07. The van der Waals surface area contributed by atoms with Crippen molar-refractivity contribution >= 4 is 0 Å². The maximum atomic E-state index is 8.45. The molecule has 0 saturated carbocycles. The van der Waals surface area contributed by atoms with Gasteiger partial charge in [0, 0.05) is 6.61 Å². The molecule has 0 saturated heterocycles. The number of aliphatic hydroxyl groups is 3. The summed E-state index contributed by atoms with van der Waals surface area (Å²) in [5.41, 5.74) is 0. The van der Waals surface area contributed by atoms with Crippen molar-refractivity contribution < 1.29 is 34.3 Å². The van der Waals surface area contributed by atoms with Gasteiger partial charge in [0.25, 0.3) is 0 Å². The monoisotopic (exact) mass is 326 g/mol. The van der Waals surface area contributed by atoms with Gasteiger partial charge in [-0.3, -0.25) is 0 Å². The second-order valence-electron chi connectivity index (χ2n) is 4.56. The number of hydrogen-bond acceptors (Lipinski definition) is 7. The predicted molar refractivity (Wildman–Crippen MR) is 84.0 cm³/mol. The van der Waals surface area contributed by atoms with Crippen LogP contribution < -0.4 is 0 Å². The lowest BCUT2D eigenvalue weighted by Gasteiger charge is -2.06. The summed E-state index contributed by atoms with van der Waals surface area (Å²) < 4.78 is 20.9. The third kappa shape index (κ3) is 28.0.